The number of carbonyl (C=O) groups excluding carboxylic acids is 2. The number of anilines is 1. The minimum absolute atomic E-state index is 0.117. The number of rotatable bonds is 8. The second-order valence-electron chi connectivity index (χ2n) is 8.70. The number of esters is 2. The molecule has 0 spiro atoms. The summed E-state index contributed by atoms with van der Waals surface area (Å²) in [6.45, 7) is 11.3. The number of para-hydroxylation sites is 1. The fourth-order valence-electron chi connectivity index (χ4n) is 4.62. The summed E-state index contributed by atoms with van der Waals surface area (Å²) in [7, 11) is 0. The predicted octanol–water partition coefficient (Wildman–Crippen LogP) is 3.30. The first kappa shape index (κ1) is 24.1. The smallest absolute Gasteiger partial charge is 0.337 e. The zero-order valence-electron chi connectivity index (χ0n) is 19.6. The first-order chi connectivity index (χ1) is 15.2. The Bertz CT molecular complexity index is 869. The third-order valence-corrected chi connectivity index (χ3v) is 6.04. The maximum atomic E-state index is 13.2. The van der Waals surface area contributed by atoms with Crippen LogP contribution in [0.2, 0.25) is 0 Å². The Balaban J connectivity index is 2.17. The Labute approximate surface area is 189 Å². The third-order valence-electron chi connectivity index (χ3n) is 6.04. The number of allylic oxidation sites excluding steroid dienone is 1. The van der Waals surface area contributed by atoms with Gasteiger partial charge >= 0.3 is 11.9 Å². The van der Waals surface area contributed by atoms with Crippen LogP contribution < -0.4 is 5.43 Å². The lowest BCUT2D eigenvalue weighted by molar-refractivity contribution is -0.187. The molecule has 0 amide bonds. The Kier molecular flexibility index (Phi) is 7.15. The van der Waals surface area contributed by atoms with E-state index < -0.39 is 41.6 Å². The van der Waals surface area contributed by atoms with Gasteiger partial charge in [0.05, 0.1) is 24.7 Å². The summed E-state index contributed by atoms with van der Waals surface area (Å²) in [4.78, 5) is 26.3. The number of fused-ring (bicyclic) bond motifs is 1. The molecule has 0 saturated carbocycles. The molecule has 2 aliphatic rings. The Morgan fingerprint density at radius 2 is 1.75 bits per heavy atom. The van der Waals surface area contributed by atoms with Gasteiger partial charge < -0.3 is 24.7 Å². The fourth-order valence-corrected chi connectivity index (χ4v) is 4.62. The summed E-state index contributed by atoms with van der Waals surface area (Å²) >= 11 is 0. The number of nitrogens with zero attached hydrogens (tertiary/aromatic N) is 1. The molecule has 2 aliphatic heterocycles. The SMILES string of the molecule is CCOC(=O)C1=C(C(C)C)OC2C1C(C(=O)OCC)C(O)(C(C)C)N2Nc1ccccc1. The molecule has 3 rings (SSSR count). The molecule has 1 saturated heterocycles. The van der Waals surface area contributed by atoms with E-state index in [0.717, 1.165) is 0 Å². The van der Waals surface area contributed by atoms with Gasteiger partial charge in [0.2, 0.25) is 0 Å². The van der Waals surface area contributed by atoms with Crippen LogP contribution in [0.3, 0.4) is 0 Å². The van der Waals surface area contributed by atoms with Gasteiger partial charge in [-0.25, -0.2) is 4.79 Å². The van der Waals surface area contributed by atoms with Gasteiger partial charge in [-0.3, -0.25) is 4.79 Å². The van der Waals surface area contributed by atoms with Gasteiger partial charge in [0.15, 0.2) is 12.0 Å². The normalized spacial score (nSPS) is 27.5. The molecule has 1 fully saturated rings. The highest BCUT2D eigenvalue weighted by Crippen LogP contribution is 2.54. The molecule has 1 aromatic rings. The van der Waals surface area contributed by atoms with E-state index >= 15 is 0 Å². The predicted molar refractivity (Wildman–Crippen MR) is 119 cm³/mol. The van der Waals surface area contributed by atoms with E-state index in [1.807, 2.05) is 58.0 Å². The van der Waals surface area contributed by atoms with Crippen LogP contribution in [0.4, 0.5) is 5.69 Å². The van der Waals surface area contributed by atoms with Crippen molar-refractivity contribution in [3.05, 3.63) is 41.7 Å². The minimum atomic E-state index is -1.68. The number of ether oxygens (including phenoxy) is 3. The number of hydrazine groups is 1. The second kappa shape index (κ2) is 9.50. The lowest BCUT2D eigenvalue weighted by Gasteiger charge is -2.41. The largest absolute Gasteiger partial charge is 0.476 e. The molecule has 1 aromatic carbocycles. The van der Waals surface area contributed by atoms with E-state index in [0.29, 0.717) is 17.0 Å². The lowest BCUT2D eigenvalue weighted by Crippen LogP contribution is -2.58. The van der Waals surface area contributed by atoms with Crippen molar-refractivity contribution in [1.82, 2.24) is 5.01 Å². The van der Waals surface area contributed by atoms with E-state index in [9.17, 15) is 14.7 Å². The summed E-state index contributed by atoms with van der Waals surface area (Å²) in [5, 5.41) is 13.6. The van der Waals surface area contributed by atoms with Gasteiger partial charge in [0.1, 0.15) is 11.7 Å². The zero-order chi connectivity index (χ0) is 23.6. The van der Waals surface area contributed by atoms with Crippen LogP contribution >= 0.6 is 0 Å². The van der Waals surface area contributed by atoms with E-state index in [1.54, 1.807) is 18.9 Å². The quantitative estimate of drug-likeness (QED) is 0.587. The summed E-state index contributed by atoms with van der Waals surface area (Å²) in [6, 6.07) is 9.32. The topological polar surface area (TPSA) is 97.3 Å². The molecule has 0 radical (unpaired) electrons. The molecule has 2 N–H and O–H groups in total. The number of nitrogens with one attached hydrogen (secondary N) is 1. The van der Waals surface area contributed by atoms with Crippen molar-refractivity contribution >= 4 is 17.6 Å². The van der Waals surface area contributed by atoms with Crippen molar-refractivity contribution in [2.24, 2.45) is 23.7 Å². The highest BCUT2D eigenvalue weighted by atomic mass is 16.6. The van der Waals surface area contributed by atoms with Crippen LogP contribution in [-0.2, 0) is 23.8 Å². The van der Waals surface area contributed by atoms with Crippen LogP contribution in [0.25, 0.3) is 0 Å². The highest BCUT2D eigenvalue weighted by molar-refractivity contribution is 5.92. The van der Waals surface area contributed by atoms with E-state index in [2.05, 4.69) is 5.43 Å². The van der Waals surface area contributed by atoms with Crippen LogP contribution in [0.1, 0.15) is 41.5 Å². The van der Waals surface area contributed by atoms with Crippen molar-refractivity contribution in [2.75, 3.05) is 18.6 Å². The van der Waals surface area contributed by atoms with Gasteiger partial charge in [-0.15, -0.1) is 0 Å². The highest BCUT2D eigenvalue weighted by Gasteiger charge is 2.69. The Morgan fingerprint density at radius 1 is 1.12 bits per heavy atom. The van der Waals surface area contributed by atoms with E-state index in [-0.39, 0.29) is 19.1 Å². The molecule has 176 valence electrons. The standard InChI is InChI=1S/C24H34N2O6/c1-7-30-22(27)18-17-19(23(28)31-8-2)24(29,15(5)6)26(21(17)32-20(18)14(3)4)25-16-12-10-9-11-13-16/h9-15,17,19,21,25,29H,7-8H2,1-6H3. The molecule has 0 aromatic heterocycles. The molecule has 4 unspecified atom stereocenters. The first-order valence-electron chi connectivity index (χ1n) is 11.3. The van der Waals surface area contributed by atoms with E-state index in [4.69, 9.17) is 14.2 Å². The van der Waals surface area contributed by atoms with Crippen LogP contribution in [-0.4, -0.2) is 47.2 Å². The zero-order valence-corrected chi connectivity index (χ0v) is 19.6. The van der Waals surface area contributed by atoms with Crippen LogP contribution in [0.15, 0.2) is 41.7 Å². The van der Waals surface area contributed by atoms with Crippen molar-refractivity contribution in [2.45, 2.75) is 53.5 Å². The number of hydrogen-bond donors (Lipinski definition) is 2. The Hall–Kier alpha value is -2.58. The monoisotopic (exact) mass is 446 g/mol. The summed E-state index contributed by atoms with van der Waals surface area (Å²) in [5.41, 5.74) is 2.56. The first-order valence-corrected chi connectivity index (χ1v) is 11.3. The van der Waals surface area contributed by atoms with Gasteiger partial charge in [0, 0.05) is 11.6 Å². The van der Waals surface area contributed by atoms with Crippen molar-refractivity contribution in [3.63, 3.8) is 0 Å². The van der Waals surface area contributed by atoms with Crippen molar-refractivity contribution < 1.29 is 28.9 Å². The van der Waals surface area contributed by atoms with Crippen molar-refractivity contribution in [1.29, 1.82) is 0 Å². The van der Waals surface area contributed by atoms with Gasteiger partial charge in [-0.1, -0.05) is 45.9 Å². The van der Waals surface area contributed by atoms with Crippen LogP contribution in [0, 0.1) is 23.7 Å². The number of hydrogen-bond acceptors (Lipinski definition) is 8. The summed E-state index contributed by atoms with van der Waals surface area (Å²) in [6.07, 6.45) is -0.797. The average Bonchev–Trinajstić information content (AvgIpc) is 3.23. The number of aliphatic hydroxyl groups is 1. The van der Waals surface area contributed by atoms with Gasteiger partial charge in [-0.05, 0) is 31.9 Å². The molecular formula is C24H34N2O6. The lowest BCUT2D eigenvalue weighted by atomic mass is 9.78. The molecule has 0 bridgehead atoms. The van der Waals surface area contributed by atoms with Gasteiger partial charge in [0.25, 0.3) is 0 Å². The molecule has 8 heteroatoms. The maximum Gasteiger partial charge on any atom is 0.337 e. The fraction of sp³-hybridized carbons (Fsp3) is 0.583. The molecular weight excluding hydrogens is 412 g/mol. The maximum absolute atomic E-state index is 13.2. The minimum Gasteiger partial charge on any atom is -0.476 e. The molecule has 0 aliphatic carbocycles. The molecule has 32 heavy (non-hydrogen) atoms. The summed E-state index contributed by atoms with van der Waals surface area (Å²) in [5.74, 6) is -2.97. The number of carbonyl (C=O) groups is 2. The molecule has 2 heterocycles. The average molecular weight is 447 g/mol. The number of benzene rings is 1. The van der Waals surface area contributed by atoms with Crippen molar-refractivity contribution in [3.8, 4) is 0 Å². The molecule has 8 nitrogen and oxygen atoms in total. The van der Waals surface area contributed by atoms with E-state index in [1.165, 1.54) is 0 Å². The van der Waals surface area contributed by atoms with Crippen LogP contribution in [0.5, 0.6) is 0 Å². The van der Waals surface area contributed by atoms with Gasteiger partial charge in [-0.2, -0.15) is 5.01 Å². The Morgan fingerprint density at radius 3 is 2.28 bits per heavy atom. The second-order valence-corrected chi connectivity index (χ2v) is 8.70. The molecule has 4 atom stereocenters. The third kappa shape index (κ3) is 3.97. The summed E-state index contributed by atoms with van der Waals surface area (Å²) < 4.78 is 17.0.